The van der Waals surface area contributed by atoms with Crippen LogP contribution in [0.1, 0.15) is 25.9 Å². The molecule has 1 aromatic heterocycles. The topological polar surface area (TPSA) is 111 Å². The first-order valence-corrected chi connectivity index (χ1v) is 6.84. The quantitative estimate of drug-likeness (QED) is 0.762. The van der Waals surface area contributed by atoms with E-state index in [-0.39, 0.29) is 5.91 Å². The summed E-state index contributed by atoms with van der Waals surface area (Å²) in [7, 11) is 0. The van der Waals surface area contributed by atoms with Crippen LogP contribution in [0.5, 0.6) is 0 Å². The zero-order valence-corrected chi connectivity index (χ0v) is 11.4. The molecule has 0 atom stereocenters. The Balaban J connectivity index is 2.04. The molecule has 0 saturated heterocycles. The monoisotopic (exact) mass is 290 g/mol. The molecule has 2 rings (SSSR count). The van der Waals surface area contributed by atoms with E-state index in [1.807, 2.05) is 0 Å². The number of benzene rings is 1. The van der Waals surface area contributed by atoms with Gasteiger partial charge in [-0.15, -0.1) is 11.3 Å². The number of nitrogens with one attached hydrogen (secondary N) is 1. The molecule has 20 heavy (non-hydrogen) atoms. The van der Waals surface area contributed by atoms with E-state index in [4.69, 9.17) is 11.5 Å². The number of rotatable bonds is 5. The highest BCUT2D eigenvalue weighted by atomic mass is 32.1. The largest absolute Gasteiger partial charge is 0.366 e. The van der Waals surface area contributed by atoms with Gasteiger partial charge in [0.25, 0.3) is 5.91 Å². The molecule has 2 amide bonds. The molecule has 2 aromatic rings. The Labute approximate surface area is 119 Å². The minimum atomic E-state index is -0.506. The van der Waals surface area contributed by atoms with Gasteiger partial charge in [-0.1, -0.05) is 0 Å². The van der Waals surface area contributed by atoms with Gasteiger partial charge in [-0.25, -0.2) is 4.98 Å². The fraction of sp³-hybridized carbons (Fsp3) is 0.154. The maximum absolute atomic E-state index is 12.0. The van der Waals surface area contributed by atoms with Crippen molar-refractivity contribution in [3.05, 3.63) is 45.9 Å². The summed E-state index contributed by atoms with van der Waals surface area (Å²) >= 11 is 1.41. The predicted octanol–water partition coefficient (Wildman–Crippen LogP) is 0.995. The van der Waals surface area contributed by atoms with Crippen LogP contribution in [0.2, 0.25) is 0 Å². The smallest absolute Gasteiger partial charge is 0.275 e. The number of aromatic nitrogens is 1. The van der Waals surface area contributed by atoms with Gasteiger partial charge in [0.15, 0.2) is 0 Å². The Bertz CT molecular complexity index is 622. The molecule has 1 aromatic carbocycles. The average molecular weight is 290 g/mol. The summed E-state index contributed by atoms with van der Waals surface area (Å²) in [6.07, 6.45) is 0.658. The van der Waals surface area contributed by atoms with Crippen LogP contribution in [0.3, 0.4) is 0 Å². The SMILES string of the molecule is NCCc1nc(C(=O)Nc2ccc(C(N)=O)cc2)cs1. The van der Waals surface area contributed by atoms with E-state index in [0.717, 1.165) is 5.01 Å². The molecular weight excluding hydrogens is 276 g/mol. The second-order valence-electron chi connectivity index (χ2n) is 4.06. The Morgan fingerprint density at radius 1 is 1.25 bits per heavy atom. The summed E-state index contributed by atoms with van der Waals surface area (Å²) in [5.74, 6) is -0.801. The van der Waals surface area contributed by atoms with Crippen molar-refractivity contribution in [2.75, 3.05) is 11.9 Å². The minimum Gasteiger partial charge on any atom is -0.366 e. The van der Waals surface area contributed by atoms with Crippen molar-refractivity contribution in [3.63, 3.8) is 0 Å². The van der Waals surface area contributed by atoms with Gasteiger partial charge in [0.05, 0.1) is 5.01 Å². The van der Waals surface area contributed by atoms with E-state index < -0.39 is 5.91 Å². The fourth-order valence-electron chi connectivity index (χ4n) is 1.57. The lowest BCUT2D eigenvalue weighted by Gasteiger charge is -2.03. The standard InChI is InChI=1S/C13H14N4O2S/c14-6-5-11-17-10(7-20-11)13(19)16-9-3-1-8(2-4-9)12(15)18/h1-4,7H,5-6,14H2,(H2,15,18)(H,16,19). The van der Waals surface area contributed by atoms with Crippen LogP contribution in [-0.4, -0.2) is 23.3 Å². The van der Waals surface area contributed by atoms with Gasteiger partial charge in [0, 0.05) is 23.1 Å². The van der Waals surface area contributed by atoms with Crippen molar-refractivity contribution >= 4 is 28.8 Å². The minimum absolute atomic E-state index is 0.295. The molecule has 0 aliphatic heterocycles. The van der Waals surface area contributed by atoms with E-state index in [1.54, 1.807) is 29.6 Å². The summed E-state index contributed by atoms with van der Waals surface area (Å²) in [4.78, 5) is 27.1. The third-order valence-electron chi connectivity index (χ3n) is 2.57. The molecule has 0 aliphatic carbocycles. The molecule has 0 aliphatic rings. The van der Waals surface area contributed by atoms with Crippen LogP contribution in [0, 0.1) is 0 Å². The average Bonchev–Trinajstić information content (AvgIpc) is 2.88. The number of hydrogen-bond acceptors (Lipinski definition) is 5. The number of nitrogens with zero attached hydrogens (tertiary/aromatic N) is 1. The highest BCUT2D eigenvalue weighted by Gasteiger charge is 2.11. The molecule has 0 unspecified atom stereocenters. The predicted molar refractivity (Wildman–Crippen MR) is 77.8 cm³/mol. The normalized spacial score (nSPS) is 10.2. The summed E-state index contributed by atoms with van der Waals surface area (Å²) in [6, 6.07) is 6.34. The summed E-state index contributed by atoms with van der Waals surface area (Å²) in [5, 5.41) is 5.23. The number of amides is 2. The van der Waals surface area contributed by atoms with Gasteiger partial charge in [-0.3, -0.25) is 9.59 Å². The van der Waals surface area contributed by atoms with Gasteiger partial charge in [-0.2, -0.15) is 0 Å². The number of carbonyl (C=O) groups is 2. The van der Waals surface area contributed by atoms with Gasteiger partial charge in [0.1, 0.15) is 5.69 Å². The zero-order valence-electron chi connectivity index (χ0n) is 10.6. The van der Waals surface area contributed by atoms with Crippen LogP contribution in [-0.2, 0) is 6.42 Å². The van der Waals surface area contributed by atoms with Crippen LogP contribution in [0.15, 0.2) is 29.6 Å². The van der Waals surface area contributed by atoms with Gasteiger partial charge < -0.3 is 16.8 Å². The molecule has 0 bridgehead atoms. The van der Waals surface area contributed by atoms with E-state index in [1.165, 1.54) is 11.3 Å². The Morgan fingerprint density at radius 2 is 1.95 bits per heavy atom. The maximum atomic E-state index is 12.0. The maximum Gasteiger partial charge on any atom is 0.275 e. The van der Waals surface area contributed by atoms with E-state index in [2.05, 4.69) is 10.3 Å². The number of primary amides is 1. The van der Waals surface area contributed by atoms with Crippen molar-refractivity contribution in [2.24, 2.45) is 11.5 Å². The van der Waals surface area contributed by atoms with Crippen LogP contribution < -0.4 is 16.8 Å². The lowest BCUT2D eigenvalue weighted by atomic mass is 10.2. The third kappa shape index (κ3) is 3.40. The Hall–Kier alpha value is -2.25. The molecule has 104 valence electrons. The number of hydrogen-bond donors (Lipinski definition) is 3. The lowest BCUT2D eigenvalue weighted by molar-refractivity contribution is 0.0998. The molecule has 7 heteroatoms. The van der Waals surface area contributed by atoms with Crippen molar-refractivity contribution in [2.45, 2.75) is 6.42 Å². The summed E-state index contributed by atoms with van der Waals surface area (Å²) < 4.78 is 0. The molecule has 0 fully saturated rings. The molecule has 6 nitrogen and oxygen atoms in total. The molecule has 0 saturated carbocycles. The third-order valence-corrected chi connectivity index (χ3v) is 3.48. The Morgan fingerprint density at radius 3 is 2.55 bits per heavy atom. The number of anilines is 1. The summed E-state index contributed by atoms with van der Waals surface area (Å²) in [6.45, 7) is 0.503. The molecular formula is C13H14N4O2S. The van der Waals surface area contributed by atoms with Gasteiger partial charge in [-0.05, 0) is 30.8 Å². The lowest BCUT2D eigenvalue weighted by Crippen LogP contribution is -2.14. The van der Waals surface area contributed by atoms with E-state index in [0.29, 0.717) is 29.9 Å². The van der Waals surface area contributed by atoms with Crippen molar-refractivity contribution in [1.82, 2.24) is 4.98 Å². The molecule has 5 N–H and O–H groups in total. The van der Waals surface area contributed by atoms with Gasteiger partial charge >= 0.3 is 0 Å². The van der Waals surface area contributed by atoms with E-state index >= 15 is 0 Å². The number of carbonyl (C=O) groups excluding carboxylic acids is 2. The van der Waals surface area contributed by atoms with Crippen molar-refractivity contribution < 1.29 is 9.59 Å². The first-order chi connectivity index (χ1) is 9.60. The van der Waals surface area contributed by atoms with Gasteiger partial charge in [0.2, 0.25) is 5.91 Å². The first-order valence-electron chi connectivity index (χ1n) is 5.96. The second kappa shape index (κ2) is 6.27. The summed E-state index contributed by atoms with van der Waals surface area (Å²) in [5.41, 5.74) is 11.9. The molecule has 0 spiro atoms. The number of thiazole rings is 1. The van der Waals surface area contributed by atoms with Crippen LogP contribution in [0.4, 0.5) is 5.69 Å². The first kappa shape index (κ1) is 14.2. The zero-order chi connectivity index (χ0) is 14.5. The fourth-order valence-corrected chi connectivity index (χ4v) is 2.36. The molecule has 1 heterocycles. The second-order valence-corrected chi connectivity index (χ2v) is 5.00. The van der Waals surface area contributed by atoms with E-state index in [9.17, 15) is 9.59 Å². The van der Waals surface area contributed by atoms with Crippen molar-refractivity contribution in [1.29, 1.82) is 0 Å². The number of nitrogens with two attached hydrogens (primary N) is 2. The van der Waals surface area contributed by atoms with Crippen LogP contribution >= 0.6 is 11.3 Å². The Kier molecular flexibility index (Phi) is 4.44. The highest BCUT2D eigenvalue weighted by molar-refractivity contribution is 7.09. The van der Waals surface area contributed by atoms with Crippen molar-refractivity contribution in [3.8, 4) is 0 Å². The van der Waals surface area contributed by atoms with Crippen LogP contribution in [0.25, 0.3) is 0 Å². The highest BCUT2D eigenvalue weighted by Crippen LogP contribution is 2.14. The molecule has 0 radical (unpaired) electrons.